The Bertz CT molecular complexity index is 853. The second-order valence-electron chi connectivity index (χ2n) is 6.01. The lowest BCUT2D eigenvalue weighted by Crippen LogP contribution is -2.22. The van der Waals surface area contributed by atoms with Gasteiger partial charge in [-0.2, -0.15) is 5.10 Å². The number of aryl methyl sites for hydroxylation is 2. The summed E-state index contributed by atoms with van der Waals surface area (Å²) in [5.74, 6) is 1.11. The monoisotopic (exact) mass is 335 g/mol. The van der Waals surface area contributed by atoms with Gasteiger partial charge in [-0.15, -0.1) is 0 Å². The van der Waals surface area contributed by atoms with E-state index in [9.17, 15) is 4.79 Å². The highest BCUT2D eigenvalue weighted by atomic mass is 16.5. The van der Waals surface area contributed by atoms with Crippen LogP contribution < -0.4 is 10.1 Å². The van der Waals surface area contributed by atoms with Crippen molar-refractivity contribution in [1.29, 1.82) is 0 Å². The number of ether oxygens (including phenoxy) is 1. The summed E-state index contributed by atoms with van der Waals surface area (Å²) in [6.45, 7) is 4.62. The first kappa shape index (κ1) is 16.8. The van der Waals surface area contributed by atoms with Crippen LogP contribution >= 0.6 is 0 Å². The van der Waals surface area contributed by atoms with Crippen LogP contribution in [0.3, 0.4) is 0 Å². The van der Waals surface area contributed by atoms with Gasteiger partial charge >= 0.3 is 0 Å². The standard InChI is InChI=1S/C20H21N3O2/c1-15-6-8-18(9-7-15)25-14-20(24)22-19-10-11-21-23(19)13-17-5-3-4-16(2)12-17/h3-12H,13-14H2,1-2H3,(H,22,24). The quantitative estimate of drug-likeness (QED) is 0.749. The van der Waals surface area contributed by atoms with E-state index in [1.54, 1.807) is 16.9 Å². The third-order valence-corrected chi connectivity index (χ3v) is 3.79. The minimum absolute atomic E-state index is 0.0430. The number of hydrogen-bond acceptors (Lipinski definition) is 3. The number of nitrogens with zero attached hydrogens (tertiary/aromatic N) is 2. The Morgan fingerprint density at radius 3 is 2.64 bits per heavy atom. The topological polar surface area (TPSA) is 56.1 Å². The van der Waals surface area contributed by atoms with Crippen molar-refractivity contribution in [2.75, 3.05) is 11.9 Å². The third-order valence-electron chi connectivity index (χ3n) is 3.79. The van der Waals surface area contributed by atoms with Gasteiger partial charge in [0.25, 0.3) is 5.91 Å². The zero-order valence-electron chi connectivity index (χ0n) is 14.4. The molecule has 1 amide bonds. The van der Waals surface area contributed by atoms with Gasteiger partial charge in [0.2, 0.25) is 0 Å². The summed E-state index contributed by atoms with van der Waals surface area (Å²) in [5, 5.41) is 7.13. The first-order chi connectivity index (χ1) is 12.1. The predicted octanol–water partition coefficient (Wildman–Crippen LogP) is 3.57. The van der Waals surface area contributed by atoms with Gasteiger partial charge in [-0.25, -0.2) is 4.68 Å². The fourth-order valence-corrected chi connectivity index (χ4v) is 2.51. The van der Waals surface area contributed by atoms with Crippen molar-refractivity contribution in [3.8, 4) is 5.75 Å². The molecule has 0 bridgehead atoms. The van der Waals surface area contributed by atoms with E-state index >= 15 is 0 Å². The second-order valence-corrected chi connectivity index (χ2v) is 6.01. The number of benzene rings is 2. The fourth-order valence-electron chi connectivity index (χ4n) is 2.51. The maximum Gasteiger partial charge on any atom is 0.263 e. The summed E-state index contributed by atoms with van der Waals surface area (Å²) in [5.41, 5.74) is 3.48. The molecule has 5 heteroatoms. The smallest absolute Gasteiger partial charge is 0.263 e. The van der Waals surface area contributed by atoms with E-state index in [-0.39, 0.29) is 12.5 Å². The zero-order valence-corrected chi connectivity index (χ0v) is 14.4. The van der Waals surface area contributed by atoms with Crippen molar-refractivity contribution in [3.05, 3.63) is 77.5 Å². The molecule has 128 valence electrons. The van der Waals surface area contributed by atoms with Crippen molar-refractivity contribution < 1.29 is 9.53 Å². The summed E-state index contributed by atoms with van der Waals surface area (Å²) >= 11 is 0. The van der Waals surface area contributed by atoms with Gasteiger partial charge in [-0.05, 0) is 31.5 Å². The van der Waals surface area contributed by atoms with Gasteiger partial charge in [-0.3, -0.25) is 4.79 Å². The molecular formula is C20H21N3O2. The number of rotatable bonds is 6. The fraction of sp³-hybridized carbons (Fsp3) is 0.200. The summed E-state index contributed by atoms with van der Waals surface area (Å²) in [4.78, 5) is 12.1. The first-order valence-corrected chi connectivity index (χ1v) is 8.17. The number of anilines is 1. The van der Waals surface area contributed by atoms with Crippen LogP contribution in [0.25, 0.3) is 0 Å². The second kappa shape index (κ2) is 7.66. The van der Waals surface area contributed by atoms with Crippen molar-refractivity contribution in [2.24, 2.45) is 0 Å². The van der Waals surface area contributed by atoms with Crippen LogP contribution in [0.4, 0.5) is 5.82 Å². The molecule has 3 rings (SSSR count). The maximum atomic E-state index is 12.1. The van der Waals surface area contributed by atoms with Crippen LogP contribution in [0.1, 0.15) is 16.7 Å². The average molecular weight is 335 g/mol. The lowest BCUT2D eigenvalue weighted by atomic mass is 10.1. The average Bonchev–Trinajstić information content (AvgIpc) is 3.01. The van der Waals surface area contributed by atoms with Crippen molar-refractivity contribution in [3.63, 3.8) is 0 Å². The van der Waals surface area contributed by atoms with Gasteiger partial charge in [0.05, 0.1) is 12.7 Å². The first-order valence-electron chi connectivity index (χ1n) is 8.17. The van der Waals surface area contributed by atoms with E-state index in [1.165, 1.54) is 5.56 Å². The Morgan fingerprint density at radius 2 is 1.88 bits per heavy atom. The lowest BCUT2D eigenvalue weighted by molar-refractivity contribution is -0.118. The van der Waals surface area contributed by atoms with Crippen LogP contribution in [0.15, 0.2) is 60.8 Å². The van der Waals surface area contributed by atoms with Crippen molar-refractivity contribution >= 4 is 11.7 Å². The highest BCUT2D eigenvalue weighted by molar-refractivity contribution is 5.91. The van der Waals surface area contributed by atoms with Gasteiger partial charge in [0.15, 0.2) is 6.61 Å². The van der Waals surface area contributed by atoms with E-state index in [4.69, 9.17) is 4.74 Å². The molecule has 0 aliphatic carbocycles. The predicted molar refractivity (Wildman–Crippen MR) is 97.8 cm³/mol. The van der Waals surface area contributed by atoms with E-state index in [0.717, 1.165) is 11.1 Å². The van der Waals surface area contributed by atoms with Crippen LogP contribution in [0, 0.1) is 13.8 Å². The SMILES string of the molecule is Cc1ccc(OCC(=O)Nc2ccnn2Cc2cccc(C)c2)cc1. The summed E-state index contributed by atoms with van der Waals surface area (Å²) in [6, 6.07) is 17.6. The van der Waals surface area contributed by atoms with Gasteiger partial charge in [0.1, 0.15) is 11.6 Å². The summed E-state index contributed by atoms with van der Waals surface area (Å²) in [7, 11) is 0. The Kier molecular flexibility index (Phi) is 5.14. The molecule has 0 unspecified atom stereocenters. The number of amides is 1. The molecule has 0 saturated heterocycles. The van der Waals surface area contributed by atoms with E-state index < -0.39 is 0 Å². The molecule has 1 heterocycles. The molecule has 0 radical (unpaired) electrons. The number of carbonyl (C=O) groups excluding carboxylic acids is 1. The molecular weight excluding hydrogens is 314 g/mol. The summed E-state index contributed by atoms with van der Waals surface area (Å²) < 4.78 is 7.27. The molecule has 0 aliphatic rings. The van der Waals surface area contributed by atoms with Crippen LogP contribution in [-0.4, -0.2) is 22.3 Å². The normalized spacial score (nSPS) is 10.5. The molecule has 25 heavy (non-hydrogen) atoms. The number of nitrogens with one attached hydrogen (secondary N) is 1. The van der Waals surface area contributed by atoms with Crippen molar-refractivity contribution in [1.82, 2.24) is 9.78 Å². The zero-order chi connectivity index (χ0) is 17.6. The van der Waals surface area contributed by atoms with Gasteiger partial charge in [-0.1, -0.05) is 47.5 Å². The van der Waals surface area contributed by atoms with Crippen molar-refractivity contribution in [2.45, 2.75) is 20.4 Å². The molecule has 0 spiro atoms. The van der Waals surface area contributed by atoms with Crippen LogP contribution in [-0.2, 0) is 11.3 Å². The number of carbonyl (C=O) groups is 1. The Hall–Kier alpha value is -3.08. The molecule has 1 N–H and O–H groups in total. The highest BCUT2D eigenvalue weighted by Gasteiger charge is 2.09. The largest absolute Gasteiger partial charge is 0.484 e. The Labute approximate surface area is 147 Å². The third kappa shape index (κ3) is 4.70. The number of aromatic nitrogens is 2. The van der Waals surface area contributed by atoms with Crippen LogP contribution in [0.2, 0.25) is 0 Å². The van der Waals surface area contributed by atoms with E-state index in [1.807, 2.05) is 43.3 Å². The summed E-state index contributed by atoms with van der Waals surface area (Å²) in [6.07, 6.45) is 1.67. The molecule has 5 nitrogen and oxygen atoms in total. The van der Waals surface area contributed by atoms with E-state index in [2.05, 4.69) is 29.5 Å². The van der Waals surface area contributed by atoms with Crippen LogP contribution in [0.5, 0.6) is 5.75 Å². The molecule has 0 atom stereocenters. The Balaban J connectivity index is 1.58. The Morgan fingerprint density at radius 1 is 1.08 bits per heavy atom. The van der Waals surface area contributed by atoms with Gasteiger partial charge < -0.3 is 10.1 Å². The minimum atomic E-state index is -0.216. The molecule has 0 fully saturated rings. The van der Waals surface area contributed by atoms with Gasteiger partial charge in [0, 0.05) is 6.07 Å². The lowest BCUT2D eigenvalue weighted by Gasteiger charge is -2.10. The minimum Gasteiger partial charge on any atom is -0.484 e. The molecule has 2 aromatic carbocycles. The van der Waals surface area contributed by atoms with E-state index in [0.29, 0.717) is 18.1 Å². The highest BCUT2D eigenvalue weighted by Crippen LogP contribution is 2.13. The molecule has 0 aliphatic heterocycles. The maximum absolute atomic E-state index is 12.1. The number of hydrogen-bond donors (Lipinski definition) is 1. The molecule has 0 saturated carbocycles. The molecule has 3 aromatic rings. The molecule has 1 aromatic heterocycles.